The molecule has 39 heavy (non-hydrogen) atoms. The second kappa shape index (κ2) is 11.9. The van der Waals surface area contributed by atoms with Gasteiger partial charge in [0.2, 0.25) is 5.88 Å². The van der Waals surface area contributed by atoms with Gasteiger partial charge in [-0.2, -0.15) is 0 Å². The Bertz CT molecular complexity index is 1370. The van der Waals surface area contributed by atoms with E-state index in [0.29, 0.717) is 43.4 Å². The summed E-state index contributed by atoms with van der Waals surface area (Å²) < 4.78 is 46.1. The number of hydrogen-bond donors (Lipinski definition) is 1. The van der Waals surface area contributed by atoms with Crippen molar-refractivity contribution >= 4 is 21.4 Å². The zero-order chi connectivity index (χ0) is 27.4. The summed E-state index contributed by atoms with van der Waals surface area (Å²) >= 11 is 0. The minimum Gasteiger partial charge on any atom is -0.480 e. The quantitative estimate of drug-likeness (QED) is 0.449. The van der Waals surface area contributed by atoms with Crippen LogP contribution in [0.3, 0.4) is 0 Å². The Hall–Kier alpha value is -3.25. The number of benzene rings is 1. The SMILES string of the molecule is COc1ncc(N2CCOCC2)cc1S(=O)(=O)Nc1ccnc(-c2ccc(CN3CC(C)OC(C)C3)cc2)c1. The van der Waals surface area contributed by atoms with E-state index < -0.39 is 10.0 Å². The van der Waals surface area contributed by atoms with Crippen LogP contribution >= 0.6 is 0 Å². The Morgan fingerprint density at radius 3 is 2.44 bits per heavy atom. The number of rotatable bonds is 8. The highest BCUT2D eigenvalue weighted by Crippen LogP contribution is 2.29. The first kappa shape index (κ1) is 27.3. The highest BCUT2D eigenvalue weighted by atomic mass is 32.2. The summed E-state index contributed by atoms with van der Waals surface area (Å²) in [6.07, 6.45) is 3.66. The smallest absolute Gasteiger partial charge is 0.267 e. The van der Waals surface area contributed by atoms with Gasteiger partial charge in [-0.25, -0.2) is 13.4 Å². The fourth-order valence-corrected chi connectivity index (χ4v) is 6.27. The molecule has 4 heterocycles. The molecule has 5 rings (SSSR count). The third-order valence-corrected chi connectivity index (χ3v) is 8.20. The maximum absolute atomic E-state index is 13.4. The zero-order valence-corrected chi connectivity index (χ0v) is 23.4. The lowest BCUT2D eigenvalue weighted by atomic mass is 10.1. The first-order valence-electron chi connectivity index (χ1n) is 13.1. The highest BCUT2D eigenvalue weighted by Gasteiger charge is 2.25. The molecule has 0 spiro atoms. The minimum absolute atomic E-state index is 0.0246. The van der Waals surface area contributed by atoms with Crippen LogP contribution in [-0.2, 0) is 26.0 Å². The standard InChI is InChI=1S/C28H35N5O5S/c1-20-17-32(18-21(2)38-20)19-22-4-6-23(7-5-22)26-14-24(8-9-29-26)31-39(34,35)27-15-25(16-30-28(27)36-3)33-10-12-37-13-11-33/h4-9,14-16,20-21H,10-13,17-19H2,1-3H3,(H,29,31). The molecular weight excluding hydrogens is 518 g/mol. The molecule has 0 saturated carbocycles. The predicted octanol–water partition coefficient (Wildman–Crippen LogP) is 3.40. The Morgan fingerprint density at radius 1 is 1.03 bits per heavy atom. The van der Waals surface area contributed by atoms with E-state index in [1.165, 1.54) is 12.7 Å². The van der Waals surface area contributed by atoms with E-state index in [-0.39, 0.29) is 23.0 Å². The summed E-state index contributed by atoms with van der Waals surface area (Å²) in [5.41, 5.74) is 3.88. The van der Waals surface area contributed by atoms with Crippen molar-refractivity contribution in [3.8, 4) is 17.1 Å². The van der Waals surface area contributed by atoms with E-state index in [1.807, 2.05) is 17.0 Å². The first-order valence-corrected chi connectivity index (χ1v) is 14.6. The van der Waals surface area contributed by atoms with Crippen LogP contribution in [0, 0.1) is 0 Å². The van der Waals surface area contributed by atoms with E-state index >= 15 is 0 Å². The number of methoxy groups -OCH3 is 1. The summed E-state index contributed by atoms with van der Waals surface area (Å²) in [7, 11) is -2.58. The predicted molar refractivity (Wildman–Crippen MR) is 150 cm³/mol. The molecule has 2 saturated heterocycles. The van der Waals surface area contributed by atoms with Crippen LogP contribution in [0.25, 0.3) is 11.3 Å². The van der Waals surface area contributed by atoms with Crippen LogP contribution in [0.5, 0.6) is 5.88 Å². The van der Waals surface area contributed by atoms with Crippen LogP contribution in [0.2, 0.25) is 0 Å². The second-order valence-corrected chi connectivity index (χ2v) is 11.6. The maximum atomic E-state index is 13.4. The fraction of sp³-hybridized carbons (Fsp3) is 0.429. The number of anilines is 2. The van der Waals surface area contributed by atoms with Gasteiger partial charge in [-0.15, -0.1) is 0 Å². The monoisotopic (exact) mass is 553 g/mol. The molecule has 11 heteroatoms. The van der Waals surface area contributed by atoms with Crippen LogP contribution in [0.1, 0.15) is 19.4 Å². The summed E-state index contributed by atoms with van der Waals surface area (Å²) in [6.45, 7) is 9.37. The molecule has 0 aliphatic carbocycles. The van der Waals surface area contributed by atoms with E-state index in [4.69, 9.17) is 14.2 Å². The molecule has 2 unspecified atom stereocenters. The van der Waals surface area contributed by atoms with Crippen molar-refractivity contribution in [3.05, 3.63) is 60.4 Å². The summed E-state index contributed by atoms with van der Waals surface area (Å²) in [6, 6.07) is 13.2. The molecule has 10 nitrogen and oxygen atoms in total. The maximum Gasteiger partial charge on any atom is 0.267 e. The average molecular weight is 554 g/mol. The first-order chi connectivity index (χ1) is 18.8. The van der Waals surface area contributed by atoms with Crippen molar-refractivity contribution in [2.24, 2.45) is 0 Å². The Kier molecular flexibility index (Phi) is 8.31. The van der Waals surface area contributed by atoms with E-state index in [9.17, 15) is 8.42 Å². The average Bonchev–Trinajstić information content (AvgIpc) is 2.93. The number of nitrogens with one attached hydrogen (secondary N) is 1. The fourth-order valence-electron chi connectivity index (χ4n) is 5.08. The van der Waals surface area contributed by atoms with Crippen LogP contribution in [-0.4, -0.2) is 82.0 Å². The number of aromatic nitrogens is 2. The summed E-state index contributed by atoms with van der Waals surface area (Å²) in [4.78, 5) is 13.1. The van der Waals surface area contributed by atoms with Gasteiger partial charge in [0.1, 0.15) is 0 Å². The number of morpholine rings is 2. The van der Waals surface area contributed by atoms with Crippen molar-refractivity contribution in [2.75, 3.05) is 56.1 Å². The molecule has 2 fully saturated rings. The van der Waals surface area contributed by atoms with Crippen molar-refractivity contribution < 1.29 is 22.6 Å². The number of sulfonamides is 1. The molecule has 0 amide bonds. The van der Waals surface area contributed by atoms with Gasteiger partial charge in [0.25, 0.3) is 10.0 Å². The zero-order valence-electron chi connectivity index (χ0n) is 22.5. The Labute approximate surface area is 230 Å². The lowest BCUT2D eigenvalue weighted by molar-refractivity contribution is -0.0704. The minimum atomic E-state index is -3.99. The highest BCUT2D eigenvalue weighted by molar-refractivity contribution is 7.92. The summed E-state index contributed by atoms with van der Waals surface area (Å²) in [5, 5.41) is 0. The molecule has 0 radical (unpaired) electrons. The third kappa shape index (κ3) is 6.67. The topological polar surface area (TPSA) is 106 Å². The lowest BCUT2D eigenvalue weighted by Gasteiger charge is -2.35. The molecule has 2 atom stereocenters. The molecule has 0 bridgehead atoms. The number of pyridine rings is 2. The van der Waals surface area contributed by atoms with E-state index in [2.05, 4.69) is 45.6 Å². The number of hydrogen-bond acceptors (Lipinski definition) is 9. The molecule has 208 valence electrons. The van der Waals surface area contributed by atoms with Gasteiger partial charge in [0.05, 0.1) is 55.8 Å². The number of ether oxygens (including phenoxy) is 3. The lowest BCUT2D eigenvalue weighted by Crippen LogP contribution is -2.44. The van der Waals surface area contributed by atoms with Gasteiger partial charge in [0.15, 0.2) is 4.90 Å². The van der Waals surface area contributed by atoms with E-state index in [1.54, 1.807) is 30.6 Å². The summed E-state index contributed by atoms with van der Waals surface area (Å²) in [5.74, 6) is 0.0356. The van der Waals surface area contributed by atoms with Crippen molar-refractivity contribution in [1.29, 1.82) is 0 Å². The number of nitrogens with zero attached hydrogens (tertiary/aromatic N) is 4. The van der Waals surface area contributed by atoms with Gasteiger partial charge >= 0.3 is 0 Å². The molecular formula is C28H35N5O5S. The molecule has 1 aromatic carbocycles. The molecule has 1 N–H and O–H groups in total. The Balaban J connectivity index is 1.32. The van der Waals surface area contributed by atoms with Crippen molar-refractivity contribution in [3.63, 3.8) is 0 Å². The third-order valence-electron chi connectivity index (χ3n) is 6.83. The normalized spacial score (nSPS) is 20.5. The Morgan fingerprint density at radius 2 is 1.74 bits per heavy atom. The molecule has 2 aliphatic heterocycles. The van der Waals surface area contributed by atoms with E-state index in [0.717, 1.165) is 25.2 Å². The molecule has 2 aliphatic rings. The van der Waals surface area contributed by atoms with Crippen LogP contribution in [0.4, 0.5) is 11.4 Å². The largest absolute Gasteiger partial charge is 0.480 e. The van der Waals surface area contributed by atoms with Gasteiger partial charge in [-0.05, 0) is 37.6 Å². The van der Waals surface area contributed by atoms with Gasteiger partial charge in [0, 0.05) is 44.5 Å². The van der Waals surface area contributed by atoms with Crippen LogP contribution < -0.4 is 14.4 Å². The van der Waals surface area contributed by atoms with Crippen molar-refractivity contribution in [1.82, 2.24) is 14.9 Å². The van der Waals surface area contributed by atoms with Crippen LogP contribution in [0.15, 0.2) is 59.8 Å². The van der Waals surface area contributed by atoms with Gasteiger partial charge in [-0.3, -0.25) is 14.6 Å². The van der Waals surface area contributed by atoms with Gasteiger partial charge in [-0.1, -0.05) is 24.3 Å². The second-order valence-electron chi connectivity index (χ2n) is 9.98. The molecule has 2 aromatic heterocycles. The molecule has 3 aromatic rings. The van der Waals surface area contributed by atoms with Crippen molar-refractivity contribution in [2.45, 2.75) is 37.5 Å². The van der Waals surface area contributed by atoms with Gasteiger partial charge < -0.3 is 19.1 Å².